The fourth-order valence-electron chi connectivity index (χ4n) is 4.51. The van der Waals surface area contributed by atoms with E-state index in [0.717, 1.165) is 33.8 Å². The predicted molar refractivity (Wildman–Crippen MR) is 141 cm³/mol. The highest BCUT2D eigenvalue weighted by molar-refractivity contribution is 7.03. The number of nitrogens with one attached hydrogen (secondary N) is 1. The molecule has 0 unspecified atom stereocenters. The Labute approximate surface area is 219 Å². The molecule has 1 atom stereocenters. The fourth-order valence-corrected chi connectivity index (χ4v) is 4.94. The Hall–Kier alpha value is -4.24. The third-order valence-electron chi connectivity index (χ3n) is 6.25. The molecule has 0 bridgehead atoms. The number of anilines is 1. The number of benzene rings is 3. The minimum atomic E-state index is -0.942. The minimum Gasteiger partial charge on any atom is -0.454 e. The van der Waals surface area contributed by atoms with Crippen molar-refractivity contribution in [1.82, 2.24) is 14.9 Å². The van der Waals surface area contributed by atoms with Crippen molar-refractivity contribution in [2.75, 3.05) is 11.7 Å². The molecule has 2 amide bonds. The summed E-state index contributed by atoms with van der Waals surface area (Å²) in [5, 5.41) is 8.65. The van der Waals surface area contributed by atoms with Gasteiger partial charge in [0.1, 0.15) is 6.04 Å². The van der Waals surface area contributed by atoms with Gasteiger partial charge in [0.2, 0.25) is 12.7 Å². The number of carbonyl (C=O) groups excluding carboxylic acids is 2. The Balaban J connectivity index is 1.56. The number of ether oxygens (including phenoxy) is 2. The molecular formula is C28H26N4O4S. The van der Waals surface area contributed by atoms with Gasteiger partial charge in [-0.05, 0) is 66.7 Å². The van der Waals surface area contributed by atoms with Gasteiger partial charge in [-0.15, -0.1) is 5.10 Å². The van der Waals surface area contributed by atoms with E-state index in [-0.39, 0.29) is 24.9 Å². The van der Waals surface area contributed by atoms with E-state index in [1.807, 2.05) is 81.4 Å². The van der Waals surface area contributed by atoms with Gasteiger partial charge in [-0.2, -0.15) is 0 Å². The molecule has 4 aromatic rings. The van der Waals surface area contributed by atoms with Crippen LogP contribution in [-0.2, 0) is 11.3 Å². The van der Waals surface area contributed by atoms with Gasteiger partial charge in [0.15, 0.2) is 17.2 Å². The van der Waals surface area contributed by atoms with E-state index < -0.39 is 11.9 Å². The van der Waals surface area contributed by atoms with Crippen molar-refractivity contribution in [2.45, 2.75) is 33.4 Å². The molecule has 0 saturated heterocycles. The normalized spacial score (nSPS) is 12.7. The van der Waals surface area contributed by atoms with E-state index in [1.165, 1.54) is 0 Å². The number of hydrogen-bond acceptors (Lipinski definition) is 7. The molecule has 188 valence electrons. The molecule has 0 fully saturated rings. The number of amides is 2. The van der Waals surface area contributed by atoms with E-state index in [4.69, 9.17) is 9.47 Å². The number of aryl methyl sites for hydroxylation is 3. The molecule has 5 rings (SSSR count). The summed E-state index contributed by atoms with van der Waals surface area (Å²) in [6.45, 7) is 6.25. The highest BCUT2D eigenvalue weighted by Gasteiger charge is 2.36. The number of aromatic nitrogens is 2. The number of fused-ring (bicyclic) bond motifs is 1. The Morgan fingerprint density at radius 1 is 1.00 bits per heavy atom. The van der Waals surface area contributed by atoms with Crippen molar-refractivity contribution in [3.63, 3.8) is 0 Å². The van der Waals surface area contributed by atoms with Crippen molar-refractivity contribution in [1.29, 1.82) is 0 Å². The molecule has 1 aliphatic heterocycles. The number of hydrogen-bond donors (Lipinski definition) is 1. The molecule has 0 spiro atoms. The fraction of sp³-hybridized carbons (Fsp3) is 0.214. The first-order valence-corrected chi connectivity index (χ1v) is 12.7. The summed E-state index contributed by atoms with van der Waals surface area (Å²) in [6, 6.07) is 18.0. The van der Waals surface area contributed by atoms with Crippen LogP contribution < -0.4 is 19.7 Å². The van der Waals surface area contributed by atoms with Crippen LogP contribution in [0, 0.1) is 20.8 Å². The zero-order chi connectivity index (χ0) is 25.9. The van der Waals surface area contributed by atoms with Crippen LogP contribution in [0.5, 0.6) is 11.5 Å². The van der Waals surface area contributed by atoms with Crippen molar-refractivity contribution in [2.24, 2.45) is 0 Å². The molecule has 0 saturated carbocycles. The largest absolute Gasteiger partial charge is 0.454 e. The van der Waals surface area contributed by atoms with Gasteiger partial charge in [0.25, 0.3) is 5.91 Å². The van der Waals surface area contributed by atoms with Crippen molar-refractivity contribution in [3.8, 4) is 11.5 Å². The average Bonchev–Trinajstić information content (AvgIpc) is 3.58. The molecule has 1 aliphatic rings. The summed E-state index contributed by atoms with van der Waals surface area (Å²) in [6.07, 6.45) is 0. The lowest BCUT2D eigenvalue weighted by Crippen LogP contribution is -2.44. The van der Waals surface area contributed by atoms with Crippen LogP contribution in [-0.4, -0.2) is 28.2 Å². The smallest absolute Gasteiger partial charge is 0.280 e. The standard InChI is InChI=1S/C28H26N4O4S/c1-17-6-4-9-21(12-17)26(27(33)29-14-20-10-11-23-24(13-20)36-16-35-23)32(28(34)22-15-37-31-30-22)25-18(2)7-5-8-19(25)3/h4-13,15,26H,14,16H2,1-3H3,(H,29,33)/t26-/m1/s1. The lowest BCUT2D eigenvalue weighted by atomic mass is 9.98. The van der Waals surface area contributed by atoms with Crippen LogP contribution in [0.2, 0.25) is 0 Å². The quantitative estimate of drug-likeness (QED) is 0.377. The molecule has 2 heterocycles. The second-order valence-corrected chi connectivity index (χ2v) is 9.54. The van der Waals surface area contributed by atoms with Gasteiger partial charge in [0.05, 0.1) is 5.69 Å². The average molecular weight is 515 g/mol. The van der Waals surface area contributed by atoms with Gasteiger partial charge in [0, 0.05) is 11.9 Å². The molecule has 1 N–H and O–H groups in total. The third kappa shape index (κ3) is 5.03. The predicted octanol–water partition coefficient (Wildman–Crippen LogP) is 4.90. The second kappa shape index (κ2) is 10.4. The van der Waals surface area contributed by atoms with Gasteiger partial charge in [-0.25, -0.2) is 0 Å². The van der Waals surface area contributed by atoms with Crippen molar-refractivity contribution in [3.05, 3.63) is 99.6 Å². The Bertz CT molecular complexity index is 1430. The summed E-state index contributed by atoms with van der Waals surface area (Å²) in [5.74, 6) is 0.611. The van der Waals surface area contributed by atoms with Crippen LogP contribution in [0.25, 0.3) is 0 Å². The third-order valence-corrected chi connectivity index (χ3v) is 6.75. The van der Waals surface area contributed by atoms with Crippen molar-refractivity contribution >= 4 is 29.0 Å². The lowest BCUT2D eigenvalue weighted by Gasteiger charge is -2.33. The molecule has 37 heavy (non-hydrogen) atoms. The van der Waals surface area contributed by atoms with Gasteiger partial charge < -0.3 is 14.8 Å². The molecule has 9 heteroatoms. The minimum absolute atomic E-state index is 0.179. The summed E-state index contributed by atoms with van der Waals surface area (Å²) in [5.41, 5.74) is 5.14. The number of para-hydroxylation sites is 1. The number of rotatable bonds is 7. The van der Waals surface area contributed by atoms with Crippen molar-refractivity contribution < 1.29 is 19.1 Å². The Kier molecular flexibility index (Phi) is 6.87. The highest BCUT2D eigenvalue weighted by atomic mass is 32.1. The topological polar surface area (TPSA) is 93.7 Å². The molecule has 0 radical (unpaired) electrons. The van der Waals surface area contributed by atoms with Gasteiger partial charge >= 0.3 is 0 Å². The first kappa shape index (κ1) is 24.5. The summed E-state index contributed by atoms with van der Waals surface area (Å²) in [4.78, 5) is 29.5. The van der Waals surface area contributed by atoms with Crippen LogP contribution in [0.1, 0.15) is 44.3 Å². The van der Waals surface area contributed by atoms with Crippen LogP contribution in [0.4, 0.5) is 5.69 Å². The Morgan fingerprint density at radius 2 is 1.76 bits per heavy atom. The molecule has 3 aromatic carbocycles. The highest BCUT2D eigenvalue weighted by Crippen LogP contribution is 2.35. The lowest BCUT2D eigenvalue weighted by molar-refractivity contribution is -0.122. The van der Waals surface area contributed by atoms with Crippen LogP contribution in [0.3, 0.4) is 0 Å². The molecule has 0 aliphatic carbocycles. The SMILES string of the molecule is Cc1cccc([C@H](C(=O)NCc2ccc3c(c2)OCO3)N(C(=O)c2csnn2)c2c(C)cccc2C)c1. The molecule has 1 aromatic heterocycles. The molecule has 8 nitrogen and oxygen atoms in total. The number of carbonyl (C=O) groups is 2. The number of nitrogens with zero attached hydrogens (tertiary/aromatic N) is 3. The second-order valence-electron chi connectivity index (χ2n) is 8.93. The summed E-state index contributed by atoms with van der Waals surface area (Å²) >= 11 is 1.09. The van der Waals surface area contributed by atoms with E-state index in [1.54, 1.807) is 10.3 Å². The monoisotopic (exact) mass is 514 g/mol. The maximum Gasteiger partial charge on any atom is 0.280 e. The summed E-state index contributed by atoms with van der Waals surface area (Å²) < 4.78 is 14.7. The maximum absolute atomic E-state index is 14.0. The first-order chi connectivity index (χ1) is 17.9. The van der Waals surface area contributed by atoms with Gasteiger partial charge in [-0.1, -0.05) is 58.6 Å². The van der Waals surface area contributed by atoms with Crippen LogP contribution in [0.15, 0.2) is 66.0 Å². The zero-order valence-electron chi connectivity index (χ0n) is 20.7. The molecular weight excluding hydrogens is 488 g/mol. The maximum atomic E-state index is 14.0. The van der Waals surface area contributed by atoms with Crippen LogP contribution >= 0.6 is 11.5 Å². The zero-order valence-corrected chi connectivity index (χ0v) is 21.5. The van der Waals surface area contributed by atoms with E-state index in [9.17, 15) is 9.59 Å². The first-order valence-electron chi connectivity index (χ1n) is 11.8. The Morgan fingerprint density at radius 3 is 2.49 bits per heavy atom. The van der Waals surface area contributed by atoms with E-state index in [2.05, 4.69) is 14.9 Å². The van der Waals surface area contributed by atoms with Gasteiger partial charge in [-0.3, -0.25) is 14.5 Å². The van der Waals surface area contributed by atoms with E-state index >= 15 is 0 Å². The van der Waals surface area contributed by atoms with E-state index in [0.29, 0.717) is 22.7 Å². The summed E-state index contributed by atoms with van der Waals surface area (Å²) in [7, 11) is 0.